The lowest BCUT2D eigenvalue weighted by molar-refractivity contribution is -0.148. The van der Waals surface area contributed by atoms with Gasteiger partial charge in [-0.3, -0.25) is 4.79 Å². The predicted octanol–water partition coefficient (Wildman–Crippen LogP) is -1.12. The fourth-order valence-electron chi connectivity index (χ4n) is 1.71. The second-order valence-corrected chi connectivity index (χ2v) is 3.63. The molecule has 0 saturated carbocycles. The first-order valence-electron chi connectivity index (χ1n) is 5.07. The zero-order valence-corrected chi connectivity index (χ0v) is 8.12. The molecule has 2 N–H and O–H groups in total. The van der Waals surface area contributed by atoms with Gasteiger partial charge in [-0.2, -0.15) is 0 Å². The van der Waals surface area contributed by atoms with E-state index in [2.05, 4.69) is 10.6 Å². The lowest BCUT2D eigenvalue weighted by atomic mass is 10.2. The molecule has 2 heterocycles. The number of carbonyl (C=O) groups is 1. The summed E-state index contributed by atoms with van der Waals surface area (Å²) in [7, 11) is 0. The van der Waals surface area contributed by atoms with Gasteiger partial charge < -0.3 is 20.1 Å². The van der Waals surface area contributed by atoms with Crippen molar-refractivity contribution in [2.24, 2.45) is 0 Å². The van der Waals surface area contributed by atoms with Gasteiger partial charge in [0.15, 0.2) is 6.10 Å². The number of ether oxygens (including phenoxy) is 2. The molecule has 0 bridgehead atoms. The second kappa shape index (κ2) is 4.72. The number of carbonyl (C=O) groups excluding carboxylic acids is 1. The number of amides is 1. The maximum atomic E-state index is 11.6. The molecule has 0 aromatic carbocycles. The summed E-state index contributed by atoms with van der Waals surface area (Å²) in [6.45, 7) is 3.33. The molecule has 5 nitrogen and oxygen atoms in total. The number of hydrogen-bond donors (Lipinski definition) is 2. The minimum atomic E-state index is -0.413. The molecule has 5 heteroatoms. The molecular formula is C9H16N2O3. The second-order valence-electron chi connectivity index (χ2n) is 3.63. The van der Waals surface area contributed by atoms with Crippen molar-refractivity contribution in [2.45, 2.75) is 18.6 Å². The lowest BCUT2D eigenvalue weighted by Crippen LogP contribution is -2.47. The Morgan fingerprint density at radius 3 is 3.00 bits per heavy atom. The van der Waals surface area contributed by atoms with Gasteiger partial charge in [0.05, 0.1) is 19.8 Å². The van der Waals surface area contributed by atoms with Crippen LogP contribution in [0.4, 0.5) is 0 Å². The van der Waals surface area contributed by atoms with E-state index in [1.54, 1.807) is 0 Å². The summed E-state index contributed by atoms with van der Waals surface area (Å²) < 4.78 is 10.5. The van der Waals surface area contributed by atoms with Gasteiger partial charge in [-0.1, -0.05) is 0 Å². The standard InChI is InChI=1S/C9H16N2O3/c12-9(8-6-13-3-4-14-8)11-7-1-2-10-5-7/h7-8,10H,1-6H2,(H,11,12)/t7-,8?/m1/s1. The van der Waals surface area contributed by atoms with E-state index in [1.807, 2.05) is 0 Å². The van der Waals surface area contributed by atoms with Crippen LogP contribution >= 0.6 is 0 Å². The average molecular weight is 200 g/mol. The minimum Gasteiger partial charge on any atom is -0.376 e. The van der Waals surface area contributed by atoms with Crippen LogP contribution in [0.25, 0.3) is 0 Å². The Balaban J connectivity index is 1.75. The summed E-state index contributed by atoms with van der Waals surface area (Å²) in [5.41, 5.74) is 0. The van der Waals surface area contributed by atoms with Crippen LogP contribution < -0.4 is 10.6 Å². The summed E-state index contributed by atoms with van der Waals surface area (Å²) in [5, 5.41) is 6.14. The van der Waals surface area contributed by atoms with Crippen molar-refractivity contribution < 1.29 is 14.3 Å². The topological polar surface area (TPSA) is 59.6 Å². The number of hydrogen-bond acceptors (Lipinski definition) is 4. The normalized spacial score (nSPS) is 32.9. The molecule has 2 atom stereocenters. The molecule has 1 unspecified atom stereocenters. The van der Waals surface area contributed by atoms with Crippen LogP contribution in [0.3, 0.4) is 0 Å². The highest BCUT2D eigenvalue weighted by atomic mass is 16.6. The smallest absolute Gasteiger partial charge is 0.251 e. The third-order valence-electron chi connectivity index (χ3n) is 2.52. The highest BCUT2D eigenvalue weighted by Gasteiger charge is 2.25. The highest BCUT2D eigenvalue weighted by Crippen LogP contribution is 2.03. The van der Waals surface area contributed by atoms with E-state index in [-0.39, 0.29) is 11.9 Å². The molecule has 80 valence electrons. The zero-order chi connectivity index (χ0) is 9.80. The van der Waals surface area contributed by atoms with Crippen molar-refractivity contribution in [3.8, 4) is 0 Å². The van der Waals surface area contributed by atoms with Gasteiger partial charge in [-0.05, 0) is 13.0 Å². The Hall–Kier alpha value is -0.650. The van der Waals surface area contributed by atoms with Crippen LogP contribution in [0.15, 0.2) is 0 Å². The summed E-state index contributed by atoms with van der Waals surface area (Å²) >= 11 is 0. The quantitative estimate of drug-likeness (QED) is 0.593. The number of rotatable bonds is 2. The van der Waals surface area contributed by atoms with E-state index in [9.17, 15) is 4.79 Å². The van der Waals surface area contributed by atoms with E-state index in [0.29, 0.717) is 19.8 Å². The van der Waals surface area contributed by atoms with E-state index < -0.39 is 6.10 Å². The molecule has 2 aliphatic rings. The predicted molar refractivity (Wildman–Crippen MR) is 50.0 cm³/mol. The van der Waals surface area contributed by atoms with Gasteiger partial charge in [-0.25, -0.2) is 0 Å². The summed E-state index contributed by atoms with van der Waals surface area (Å²) in [5.74, 6) is -0.0431. The SMILES string of the molecule is O=C(N[C@@H]1CCNC1)C1COCCO1. The Morgan fingerprint density at radius 1 is 1.43 bits per heavy atom. The highest BCUT2D eigenvalue weighted by molar-refractivity contribution is 5.81. The maximum absolute atomic E-state index is 11.6. The Morgan fingerprint density at radius 2 is 2.36 bits per heavy atom. The van der Waals surface area contributed by atoms with E-state index in [0.717, 1.165) is 19.5 Å². The molecule has 0 aromatic rings. The van der Waals surface area contributed by atoms with Crippen molar-refractivity contribution in [3.05, 3.63) is 0 Å². The van der Waals surface area contributed by atoms with Crippen molar-refractivity contribution >= 4 is 5.91 Å². The van der Waals surface area contributed by atoms with Crippen molar-refractivity contribution in [1.82, 2.24) is 10.6 Å². The van der Waals surface area contributed by atoms with Crippen molar-refractivity contribution in [2.75, 3.05) is 32.9 Å². The van der Waals surface area contributed by atoms with E-state index >= 15 is 0 Å². The fraction of sp³-hybridized carbons (Fsp3) is 0.889. The summed E-state index contributed by atoms with van der Waals surface area (Å²) in [4.78, 5) is 11.6. The first-order chi connectivity index (χ1) is 6.86. The van der Waals surface area contributed by atoms with Gasteiger partial charge in [0.1, 0.15) is 0 Å². The first kappa shape index (κ1) is 9.89. The fourth-order valence-corrected chi connectivity index (χ4v) is 1.71. The zero-order valence-electron chi connectivity index (χ0n) is 8.12. The van der Waals surface area contributed by atoms with Gasteiger partial charge >= 0.3 is 0 Å². The minimum absolute atomic E-state index is 0.0431. The van der Waals surface area contributed by atoms with Crippen molar-refractivity contribution in [3.63, 3.8) is 0 Å². The molecule has 0 aromatic heterocycles. The molecule has 2 aliphatic heterocycles. The van der Waals surface area contributed by atoms with Crippen LogP contribution in [-0.4, -0.2) is 51.0 Å². The van der Waals surface area contributed by atoms with E-state index in [4.69, 9.17) is 9.47 Å². The average Bonchev–Trinajstić information content (AvgIpc) is 2.72. The maximum Gasteiger partial charge on any atom is 0.251 e. The molecular weight excluding hydrogens is 184 g/mol. The van der Waals surface area contributed by atoms with Gasteiger partial charge in [-0.15, -0.1) is 0 Å². The van der Waals surface area contributed by atoms with Crippen LogP contribution in [0.2, 0.25) is 0 Å². The Labute approximate surface area is 83.1 Å². The van der Waals surface area contributed by atoms with Gasteiger partial charge in [0, 0.05) is 12.6 Å². The summed E-state index contributed by atoms with van der Waals surface area (Å²) in [6, 6.07) is 0.257. The first-order valence-corrected chi connectivity index (χ1v) is 5.07. The Kier molecular flexibility index (Phi) is 3.34. The largest absolute Gasteiger partial charge is 0.376 e. The molecule has 2 rings (SSSR count). The van der Waals surface area contributed by atoms with Crippen LogP contribution in [-0.2, 0) is 14.3 Å². The van der Waals surface area contributed by atoms with Gasteiger partial charge in [0.2, 0.25) is 0 Å². The van der Waals surface area contributed by atoms with Crippen molar-refractivity contribution in [1.29, 1.82) is 0 Å². The lowest BCUT2D eigenvalue weighted by Gasteiger charge is -2.23. The molecule has 2 fully saturated rings. The van der Waals surface area contributed by atoms with Gasteiger partial charge in [0.25, 0.3) is 5.91 Å². The molecule has 2 saturated heterocycles. The monoisotopic (exact) mass is 200 g/mol. The van der Waals surface area contributed by atoms with Crippen LogP contribution in [0.5, 0.6) is 0 Å². The Bertz CT molecular complexity index is 198. The molecule has 0 spiro atoms. The summed E-state index contributed by atoms with van der Waals surface area (Å²) in [6.07, 6.45) is 0.587. The van der Waals surface area contributed by atoms with Crippen LogP contribution in [0, 0.1) is 0 Å². The molecule has 1 amide bonds. The third kappa shape index (κ3) is 2.43. The van der Waals surface area contributed by atoms with Crippen LogP contribution in [0.1, 0.15) is 6.42 Å². The third-order valence-corrected chi connectivity index (χ3v) is 2.52. The molecule has 0 radical (unpaired) electrons. The molecule has 14 heavy (non-hydrogen) atoms. The molecule has 0 aliphatic carbocycles. The number of nitrogens with one attached hydrogen (secondary N) is 2. The van der Waals surface area contributed by atoms with E-state index in [1.165, 1.54) is 0 Å².